The quantitative estimate of drug-likeness (QED) is 0.750. The van der Waals surface area contributed by atoms with Gasteiger partial charge < -0.3 is 4.74 Å². The minimum atomic E-state index is -0.424. The molecule has 1 unspecified atom stereocenters. The third-order valence-corrected chi connectivity index (χ3v) is 2.75. The van der Waals surface area contributed by atoms with Gasteiger partial charge in [0.05, 0.1) is 5.92 Å². The lowest BCUT2D eigenvalue weighted by atomic mass is 9.97. The van der Waals surface area contributed by atoms with Crippen molar-refractivity contribution in [1.82, 2.24) is 0 Å². The highest BCUT2D eigenvalue weighted by molar-refractivity contribution is 5.78. The number of hydrogen-bond donors (Lipinski definition) is 0. The smallest absolute Gasteiger partial charge is 0.313 e. The van der Waals surface area contributed by atoms with Gasteiger partial charge in [0.2, 0.25) is 0 Å². The summed E-state index contributed by atoms with van der Waals surface area (Å²) in [6, 6.07) is 8.22. The average Bonchev–Trinajstić information content (AvgIpc) is 2.26. The van der Waals surface area contributed by atoms with Crippen molar-refractivity contribution in [1.29, 1.82) is 0 Å². The lowest BCUT2D eigenvalue weighted by Gasteiger charge is -2.22. The largest absolute Gasteiger partial charge is 0.460 e. The van der Waals surface area contributed by atoms with E-state index in [1.165, 1.54) is 5.56 Å². The number of aryl methyl sites for hydroxylation is 1. The van der Waals surface area contributed by atoms with Gasteiger partial charge in [0, 0.05) is 0 Å². The van der Waals surface area contributed by atoms with E-state index in [9.17, 15) is 4.79 Å². The Morgan fingerprint density at radius 2 is 2.00 bits per heavy atom. The molecule has 0 saturated heterocycles. The highest BCUT2D eigenvalue weighted by Crippen LogP contribution is 2.21. The standard InChI is InChI=1S/C16H24O2/c1-6-8-13-9-7-10-14(11-13)12(2)15(17)18-16(3,4)5/h7,9-12H,6,8H2,1-5H3. The molecule has 0 fully saturated rings. The van der Waals surface area contributed by atoms with Crippen LogP contribution in [0.1, 0.15) is 58.1 Å². The summed E-state index contributed by atoms with van der Waals surface area (Å²) in [5.74, 6) is -0.364. The zero-order valence-electron chi connectivity index (χ0n) is 12.1. The van der Waals surface area contributed by atoms with Gasteiger partial charge in [-0.05, 0) is 45.2 Å². The highest BCUT2D eigenvalue weighted by atomic mass is 16.6. The number of ether oxygens (including phenoxy) is 1. The van der Waals surface area contributed by atoms with Crippen molar-refractivity contribution in [2.45, 2.75) is 59.0 Å². The first-order chi connectivity index (χ1) is 8.33. The second-order valence-electron chi connectivity index (χ2n) is 5.75. The molecule has 0 heterocycles. The molecule has 0 spiro atoms. The number of esters is 1. The Morgan fingerprint density at radius 3 is 2.56 bits per heavy atom. The second kappa shape index (κ2) is 6.03. The topological polar surface area (TPSA) is 26.3 Å². The molecule has 18 heavy (non-hydrogen) atoms. The number of hydrogen-bond acceptors (Lipinski definition) is 2. The molecule has 0 N–H and O–H groups in total. The summed E-state index contributed by atoms with van der Waals surface area (Å²) in [4.78, 5) is 12.0. The minimum Gasteiger partial charge on any atom is -0.460 e. The zero-order chi connectivity index (χ0) is 13.8. The van der Waals surface area contributed by atoms with Gasteiger partial charge in [0.1, 0.15) is 5.60 Å². The van der Waals surface area contributed by atoms with Gasteiger partial charge in [-0.2, -0.15) is 0 Å². The summed E-state index contributed by atoms with van der Waals surface area (Å²) < 4.78 is 5.41. The molecule has 1 aromatic rings. The van der Waals surface area contributed by atoms with Gasteiger partial charge in [-0.3, -0.25) is 4.79 Å². The first kappa shape index (κ1) is 14.7. The molecular formula is C16H24O2. The maximum absolute atomic E-state index is 12.0. The van der Waals surface area contributed by atoms with Crippen LogP contribution in [-0.2, 0) is 16.0 Å². The van der Waals surface area contributed by atoms with E-state index in [1.807, 2.05) is 39.8 Å². The Balaban J connectivity index is 2.80. The van der Waals surface area contributed by atoms with E-state index in [1.54, 1.807) is 0 Å². The van der Waals surface area contributed by atoms with Crippen LogP contribution < -0.4 is 0 Å². The molecule has 0 bridgehead atoms. The van der Waals surface area contributed by atoms with E-state index in [-0.39, 0.29) is 11.9 Å². The summed E-state index contributed by atoms with van der Waals surface area (Å²) in [5.41, 5.74) is 1.90. The van der Waals surface area contributed by atoms with E-state index in [0.29, 0.717) is 0 Å². The van der Waals surface area contributed by atoms with Crippen molar-refractivity contribution in [3.63, 3.8) is 0 Å². The van der Waals surface area contributed by atoms with Crippen molar-refractivity contribution in [2.24, 2.45) is 0 Å². The van der Waals surface area contributed by atoms with Crippen LogP contribution in [0.4, 0.5) is 0 Å². The Kier molecular flexibility index (Phi) is 4.94. The fraction of sp³-hybridized carbons (Fsp3) is 0.562. The van der Waals surface area contributed by atoms with Crippen LogP contribution in [0.5, 0.6) is 0 Å². The molecule has 0 aromatic heterocycles. The first-order valence-electron chi connectivity index (χ1n) is 6.65. The molecule has 2 heteroatoms. The van der Waals surface area contributed by atoms with Crippen LogP contribution in [0, 0.1) is 0 Å². The second-order valence-corrected chi connectivity index (χ2v) is 5.75. The van der Waals surface area contributed by atoms with E-state index in [0.717, 1.165) is 18.4 Å². The molecule has 0 aliphatic heterocycles. The predicted octanol–water partition coefficient (Wildman–Crippen LogP) is 4.08. The van der Waals surface area contributed by atoms with Crippen LogP contribution in [0.3, 0.4) is 0 Å². The molecule has 1 rings (SSSR count). The van der Waals surface area contributed by atoms with Crippen molar-refractivity contribution in [3.05, 3.63) is 35.4 Å². The highest BCUT2D eigenvalue weighted by Gasteiger charge is 2.22. The first-order valence-corrected chi connectivity index (χ1v) is 6.65. The number of rotatable bonds is 4. The predicted molar refractivity (Wildman–Crippen MR) is 74.7 cm³/mol. The summed E-state index contributed by atoms with van der Waals surface area (Å²) in [5, 5.41) is 0. The summed E-state index contributed by atoms with van der Waals surface area (Å²) >= 11 is 0. The van der Waals surface area contributed by atoms with Gasteiger partial charge in [-0.15, -0.1) is 0 Å². The van der Waals surface area contributed by atoms with Gasteiger partial charge in [-0.25, -0.2) is 0 Å². The average molecular weight is 248 g/mol. The van der Waals surface area contributed by atoms with E-state index in [4.69, 9.17) is 4.74 Å². The molecule has 1 aromatic carbocycles. The lowest BCUT2D eigenvalue weighted by Crippen LogP contribution is -2.26. The maximum atomic E-state index is 12.0. The summed E-state index contributed by atoms with van der Waals surface area (Å²) in [7, 11) is 0. The third-order valence-electron chi connectivity index (χ3n) is 2.75. The van der Waals surface area contributed by atoms with Crippen LogP contribution in [0.2, 0.25) is 0 Å². The number of carbonyl (C=O) groups excluding carboxylic acids is 1. The monoisotopic (exact) mass is 248 g/mol. The molecule has 0 aliphatic rings. The van der Waals surface area contributed by atoms with E-state index >= 15 is 0 Å². The van der Waals surface area contributed by atoms with Crippen molar-refractivity contribution >= 4 is 5.97 Å². The lowest BCUT2D eigenvalue weighted by molar-refractivity contribution is -0.156. The van der Waals surface area contributed by atoms with Gasteiger partial charge in [0.15, 0.2) is 0 Å². The molecule has 0 saturated carbocycles. The van der Waals surface area contributed by atoms with E-state index < -0.39 is 5.60 Å². The van der Waals surface area contributed by atoms with Crippen LogP contribution >= 0.6 is 0 Å². The fourth-order valence-corrected chi connectivity index (χ4v) is 1.83. The van der Waals surface area contributed by atoms with Crippen molar-refractivity contribution < 1.29 is 9.53 Å². The third kappa shape index (κ3) is 4.52. The van der Waals surface area contributed by atoms with Gasteiger partial charge in [0.25, 0.3) is 0 Å². The normalized spacial score (nSPS) is 13.2. The fourth-order valence-electron chi connectivity index (χ4n) is 1.83. The van der Waals surface area contributed by atoms with Crippen LogP contribution in [0.15, 0.2) is 24.3 Å². The SMILES string of the molecule is CCCc1cccc(C(C)C(=O)OC(C)(C)C)c1. The van der Waals surface area contributed by atoms with E-state index in [2.05, 4.69) is 19.1 Å². The Hall–Kier alpha value is -1.31. The molecule has 0 aliphatic carbocycles. The van der Waals surface area contributed by atoms with Crippen molar-refractivity contribution in [3.8, 4) is 0 Å². The van der Waals surface area contributed by atoms with Gasteiger partial charge in [-0.1, -0.05) is 37.6 Å². The Bertz CT molecular complexity index is 402. The van der Waals surface area contributed by atoms with Crippen molar-refractivity contribution in [2.75, 3.05) is 0 Å². The van der Waals surface area contributed by atoms with Crippen LogP contribution in [-0.4, -0.2) is 11.6 Å². The Morgan fingerprint density at radius 1 is 1.33 bits per heavy atom. The molecule has 1 atom stereocenters. The zero-order valence-corrected chi connectivity index (χ0v) is 12.1. The summed E-state index contributed by atoms with van der Waals surface area (Å²) in [6.45, 7) is 9.74. The molecule has 2 nitrogen and oxygen atoms in total. The molecule has 100 valence electrons. The molecule has 0 radical (unpaired) electrons. The minimum absolute atomic E-state index is 0.156. The molecule has 0 amide bonds. The van der Waals surface area contributed by atoms with Crippen LogP contribution in [0.25, 0.3) is 0 Å². The number of benzene rings is 1. The van der Waals surface area contributed by atoms with Gasteiger partial charge >= 0.3 is 5.97 Å². The Labute approximate surface area is 110 Å². The maximum Gasteiger partial charge on any atom is 0.313 e. The number of carbonyl (C=O) groups is 1. The molecular weight excluding hydrogens is 224 g/mol. The summed E-state index contributed by atoms with van der Waals surface area (Å²) in [6.07, 6.45) is 2.17.